The van der Waals surface area contributed by atoms with E-state index in [1.54, 1.807) is 0 Å². The average molecular weight is 325 g/mol. The molecule has 6 nitrogen and oxygen atoms in total. The summed E-state index contributed by atoms with van der Waals surface area (Å²) in [5, 5.41) is 0. The fourth-order valence-electron chi connectivity index (χ4n) is 1.45. The van der Waals surface area contributed by atoms with Crippen LogP contribution in [-0.4, -0.2) is 55.8 Å². The summed E-state index contributed by atoms with van der Waals surface area (Å²) in [6.45, 7) is 0.111. The van der Waals surface area contributed by atoms with E-state index in [4.69, 9.17) is 0 Å². The topological polar surface area (TPSA) is 74.8 Å². The summed E-state index contributed by atoms with van der Waals surface area (Å²) >= 11 is 3.01. The molecule has 0 bridgehead atoms. The minimum absolute atomic E-state index is 0.0405. The molecule has 3 amide bonds. The van der Waals surface area contributed by atoms with Gasteiger partial charge in [-0.2, -0.15) is 0 Å². The zero-order valence-corrected chi connectivity index (χ0v) is 11.9. The third-order valence-corrected chi connectivity index (χ3v) is 3.81. The molecule has 0 aliphatic carbocycles. The quantitative estimate of drug-likeness (QED) is 0.559. The van der Waals surface area contributed by atoms with Crippen LogP contribution < -0.4 is 0 Å². The molecular formula is C9H13BrN2O4S. The van der Waals surface area contributed by atoms with Gasteiger partial charge in [-0.15, -0.1) is 0 Å². The van der Waals surface area contributed by atoms with Gasteiger partial charge in [0.1, 0.15) is 15.5 Å². The number of amides is 3. The van der Waals surface area contributed by atoms with Gasteiger partial charge in [0.25, 0.3) is 5.91 Å². The molecule has 0 N–H and O–H groups in total. The molecule has 0 unspecified atom stereocenters. The van der Waals surface area contributed by atoms with Gasteiger partial charge in [-0.05, 0) is 6.42 Å². The monoisotopic (exact) mass is 324 g/mol. The maximum atomic E-state index is 11.7. The molecule has 0 aromatic rings. The fourth-order valence-corrected chi connectivity index (χ4v) is 2.61. The minimum atomic E-state index is -3.07. The van der Waals surface area contributed by atoms with Crippen LogP contribution in [0.15, 0.2) is 10.7 Å². The zero-order valence-electron chi connectivity index (χ0n) is 9.51. The van der Waals surface area contributed by atoms with Gasteiger partial charge >= 0.3 is 6.03 Å². The highest BCUT2D eigenvalue weighted by Crippen LogP contribution is 2.20. The van der Waals surface area contributed by atoms with Crippen molar-refractivity contribution in [1.82, 2.24) is 9.80 Å². The number of likely N-dealkylation sites (N-methyl/N-ethyl adjacent to an activating group) is 1. The molecule has 1 fully saturated rings. The number of imide groups is 1. The molecule has 0 saturated carbocycles. The number of halogens is 1. The predicted molar refractivity (Wildman–Crippen MR) is 66.2 cm³/mol. The molecule has 0 aromatic heterocycles. The number of rotatable bonds is 4. The lowest BCUT2D eigenvalue weighted by Crippen LogP contribution is -2.33. The Kier molecular flexibility index (Phi) is 4.31. The van der Waals surface area contributed by atoms with Crippen molar-refractivity contribution >= 4 is 37.7 Å². The molecule has 1 aliphatic rings. The third kappa shape index (κ3) is 3.29. The van der Waals surface area contributed by atoms with Gasteiger partial charge in [0.2, 0.25) is 0 Å². The predicted octanol–water partition coefficient (Wildman–Crippen LogP) is 0.551. The van der Waals surface area contributed by atoms with E-state index in [1.807, 2.05) is 0 Å². The Morgan fingerprint density at radius 3 is 2.35 bits per heavy atom. The molecule has 17 heavy (non-hydrogen) atoms. The second-order valence-electron chi connectivity index (χ2n) is 3.78. The number of nitrogens with zero attached hydrogens (tertiary/aromatic N) is 2. The first-order valence-electron chi connectivity index (χ1n) is 4.85. The Morgan fingerprint density at radius 2 is 1.94 bits per heavy atom. The smallest absolute Gasteiger partial charge is 0.291 e. The largest absolute Gasteiger partial charge is 0.331 e. The first-order valence-corrected chi connectivity index (χ1v) is 7.83. The summed E-state index contributed by atoms with van der Waals surface area (Å²) in [6, 6.07) is -0.436. The summed E-state index contributed by atoms with van der Waals surface area (Å²) in [7, 11) is -1.58. The van der Waals surface area contributed by atoms with E-state index in [9.17, 15) is 18.0 Å². The molecule has 1 aliphatic heterocycles. The minimum Gasteiger partial charge on any atom is -0.291 e. The van der Waals surface area contributed by atoms with Gasteiger partial charge in [0.15, 0.2) is 0 Å². The summed E-state index contributed by atoms with van der Waals surface area (Å²) in [6.07, 6.45) is 1.37. The second-order valence-corrected chi connectivity index (χ2v) is 6.49. The molecule has 0 spiro atoms. The van der Waals surface area contributed by atoms with Crippen LogP contribution in [0.1, 0.15) is 6.42 Å². The van der Waals surface area contributed by atoms with Crippen molar-refractivity contribution in [2.75, 3.05) is 25.6 Å². The van der Waals surface area contributed by atoms with Crippen LogP contribution in [0.2, 0.25) is 0 Å². The van der Waals surface area contributed by atoms with E-state index in [0.29, 0.717) is 0 Å². The summed E-state index contributed by atoms with van der Waals surface area (Å²) in [4.78, 5) is 27.0. The van der Waals surface area contributed by atoms with Gasteiger partial charge in [0, 0.05) is 24.8 Å². The number of hydrogen-bond acceptors (Lipinski definition) is 4. The molecule has 96 valence electrons. The number of urea groups is 1. The van der Waals surface area contributed by atoms with E-state index >= 15 is 0 Å². The molecule has 1 rings (SSSR count). The van der Waals surface area contributed by atoms with Crippen LogP contribution in [0, 0.1) is 0 Å². The number of sulfone groups is 1. The van der Waals surface area contributed by atoms with Crippen LogP contribution in [0.5, 0.6) is 0 Å². The molecule has 1 heterocycles. The first-order chi connectivity index (χ1) is 7.78. The normalized spacial score (nSPS) is 19.6. The van der Waals surface area contributed by atoms with E-state index in [-0.39, 0.29) is 24.4 Å². The van der Waals surface area contributed by atoms with Crippen LogP contribution in [0.4, 0.5) is 4.79 Å². The lowest BCUT2D eigenvalue weighted by molar-refractivity contribution is -0.123. The Bertz CT molecular complexity index is 471. The Balaban J connectivity index is 2.67. The fraction of sp³-hybridized carbons (Fsp3) is 0.556. The van der Waals surface area contributed by atoms with E-state index in [0.717, 1.165) is 11.2 Å². The highest BCUT2D eigenvalue weighted by Gasteiger charge is 2.37. The highest BCUT2D eigenvalue weighted by atomic mass is 79.9. The number of hydrogen-bond donors (Lipinski definition) is 0. The van der Waals surface area contributed by atoms with Crippen molar-refractivity contribution in [3.8, 4) is 0 Å². The number of carbonyl (C=O) groups is 2. The van der Waals surface area contributed by atoms with Crippen LogP contribution in [0.3, 0.4) is 0 Å². The van der Waals surface area contributed by atoms with Gasteiger partial charge in [0.05, 0.1) is 5.75 Å². The van der Waals surface area contributed by atoms with Crippen molar-refractivity contribution in [2.24, 2.45) is 0 Å². The van der Waals surface area contributed by atoms with Crippen molar-refractivity contribution in [3.63, 3.8) is 0 Å². The molecule has 0 atom stereocenters. The molecule has 0 aromatic carbocycles. The summed E-state index contributed by atoms with van der Waals surface area (Å²) in [5.41, 5.74) is 0.245. The van der Waals surface area contributed by atoms with Crippen molar-refractivity contribution in [2.45, 2.75) is 6.42 Å². The second kappa shape index (κ2) is 5.18. The van der Waals surface area contributed by atoms with Crippen LogP contribution >= 0.6 is 15.9 Å². The van der Waals surface area contributed by atoms with Crippen LogP contribution in [0.25, 0.3) is 0 Å². The van der Waals surface area contributed by atoms with Gasteiger partial charge in [-0.3, -0.25) is 14.6 Å². The lowest BCUT2D eigenvalue weighted by atomic mass is 10.4. The zero-order chi connectivity index (χ0) is 13.2. The van der Waals surface area contributed by atoms with Gasteiger partial charge < -0.3 is 0 Å². The van der Waals surface area contributed by atoms with Gasteiger partial charge in [-0.1, -0.05) is 15.9 Å². The Hall–Kier alpha value is -0.890. The lowest BCUT2D eigenvalue weighted by Gasteiger charge is -2.12. The summed E-state index contributed by atoms with van der Waals surface area (Å²) < 4.78 is 21.9. The summed E-state index contributed by atoms with van der Waals surface area (Å²) in [5.74, 6) is -0.455. The van der Waals surface area contributed by atoms with Crippen molar-refractivity contribution < 1.29 is 18.0 Å². The maximum Gasteiger partial charge on any atom is 0.331 e. The SMILES string of the molecule is CN1C(=O)N(CCCS(C)(=O)=O)C(=O)/C1=C/Br. The molecular weight excluding hydrogens is 312 g/mol. The number of carbonyl (C=O) groups excluding carboxylic acids is 2. The average Bonchev–Trinajstić information content (AvgIpc) is 2.40. The third-order valence-electron chi connectivity index (χ3n) is 2.34. The standard InChI is InChI=1S/C9H13BrN2O4S/c1-11-7(6-10)8(13)12(9(11)14)4-3-5-17(2,15)16/h6H,3-5H2,1-2H3/b7-6-. The highest BCUT2D eigenvalue weighted by molar-refractivity contribution is 9.11. The Morgan fingerprint density at radius 1 is 1.35 bits per heavy atom. The molecule has 0 radical (unpaired) electrons. The van der Waals surface area contributed by atoms with Crippen molar-refractivity contribution in [1.29, 1.82) is 0 Å². The van der Waals surface area contributed by atoms with E-state index in [2.05, 4.69) is 15.9 Å². The first kappa shape index (κ1) is 14.2. The van der Waals surface area contributed by atoms with E-state index < -0.39 is 21.8 Å². The van der Waals surface area contributed by atoms with Crippen LogP contribution in [-0.2, 0) is 14.6 Å². The molecule has 8 heteroatoms. The Labute approximate surface area is 108 Å². The van der Waals surface area contributed by atoms with Gasteiger partial charge in [-0.25, -0.2) is 13.2 Å². The van der Waals surface area contributed by atoms with Crippen molar-refractivity contribution in [3.05, 3.63) is 10.7 Å². The maximum absolute atomic E-state index is 11.7. The molecule has 1 saturated heterocycles. The van der Waals surface area contributed by atoms with E-state index in [1.165, 1.54) is 16.9 Å².